The predicted octanol–water partition coefficient (Wildman–Crippen LogP) is 1.88. The van der Waals surface area contributed by atoms with Gasteiger partial charge < -0.3 is 10.0 Å². The second-order valence-electron chi connectivity index (χ2n) is 7.07. The van der Waals surface area contributed by atoms with Crippen LogP contribution in [0.5, 0.6) is 0 Å². The van der Waals surface area contributed by atoms with Crippen LogP contribution in [-0.4, -0.2) is 66.3 Å². The number of amides is 1. The number of rotatable bonds is 4. The fraction of sp³-hybridized carbons (Fsp3) is 0.588. The maximum absolute atomic E-state index is 12.3. The molecular weight excluding hydrogens is 415 g/mol. The molecule has 29 heavy (non-hydrogen) atoms. The predicted molar refractivity (Wildman–Crippen MR) is 97.6 cm³/mol. The summed E-state index contributed by atoms with van der Waals surface area (Å²) >= 11 is 0. The van der Waals surface area contributed by atoms with Crippen molar-refractivity contribution in [2.45, 2.75) is 32.4 Å². The molecular formula is C17H22F3N3O5S. The highest BCUT2D eigenvalue weighted by molar-refractivity contribution is 7.89. The van der Waals surface area contributed by atoms with E-state index in [-0.39, 0.29) is 17.1 Å². The Hall–Kier alpha value is -2.21. The highest BCUT2D eigenvalue weighted by Crippen LogP contribution is 2.42. The molecule has 0 aliphatic carbocycles. The maximum atomic E-state index is 12.3. The van der Waals surface area contributed by atoms with E-state index in [9.17, 15) is 26.4 Å². The summed E-state index contributed by atoms with van der Waals surface area (Å²) in [6.07, 6.45) is 0.0525. The number of pyridine rings is 1. The van der Waals surface area contributed by atoms with Crippen LogP contribution in [0.1, 0.15) is 26.2 Å². The highest BCUT2D eigenvalue weighted by atomic mass is 32.2. The van der Waals surface area contributed by atoms with Crippen LogP contribution in [0.4, 0.5) is 18.9 Å². The molecule has 0 radical (unpaired) electrons. The van der Waals surface area contributed by atoms with Gasteiger partial charge in [-0.1, -0.05) is 6.92 Å². The van der Waals surface area contributed by atoms with Gasteiger partial charge in [0, 0.05) is 37.7 Å². The third-order valence-corrected chi connectivity index (χ3v) is 6.80. The first-order chi connectivity index (χ1) is 13.4. The highest BCUT2D eigenvalue weighted by Gasteiger charge is 2.50. The smallest absolute Gasteiger partial charge is 0.475 e. The summed E-state index contributed by atoms with van der Waals surface area (Å²) in [5.74, 6) is -2.51. The van der Waals surface area contributed by atoms with Gasteiger partial charge in [-0.3, -0.25) is 9.78 Å². The lowest BCUT2D eigenvalue weighted by Crippen LogP contribution is -2.35. The number of aromatic nitrogens is 1. The summed E-state index contributed by atoms with van der Waals surface area (Å²) in [6.45, 7) is 3.43. The number of hydrogen-bond donors (Lipinski definition) is 1. The largest absolute Gasteiger partial charge is 0.490 e. The molecule has 1 atom stereocenters. The molecule has 1 aromatic rings. The molecule has 2 fully saturated rings. The number of carbonyl (C=O) groups excluding carboxylic acids is 1. The molecule has 1 unspecified atom stereocenters. The van der Waals surface area contributed by atoms with Gasteiger partial charge in [0.1, 0.15) is 0 Å². The molecule has 2 saturated heterocycles. The molecule has 1 spiro atoms. The van der Waals surface area contributed by atoms with Crippen molar-refractivity contribution in [1.82, 2.24) is 9.29 Å². The summed E-state index contributed by atoms with van der Waals surface area (Å²) in [5, 5.41) is 7.12. The molecule has 12 heteroatoms. The minimum Gasteiger partial charge on any atom is -0.475 e. The monoisotopic (exact) mass is 437 g/mol. The molecule has 1 N–H and O–H groups in total. The van der Waals surface area contributed by atoms with Crippen LogP contribution in [0.25, 0.3) is 0 Å². The van der Waals surface area contributed by atoms with Crippen LogP contribution in [0.15, 0.2) is 24.5 Å². The molecule has 1 amide bonds. The number of halogens is 3. The molecule has 3 heterocycles. The number of carboxylic acids is 1. The molecule has 1 aromatic heterocycles. The molecule has 0 saturated carbocycles. The second-order valence-corrected chi connectivity index (χ2v) is 9.16. The first kappa shape index (κ1) is 23.1. The van der Waals surface area contributed by atoms with Crippen molar-refractivity contribution in [2.75, 3.05) is 30.3 Å². The number of carbonyl (C=O) groups is 2. The lowest BCUT2D eigenvalue weighted by molar-refractivity contribution is -0.192. The second kappa shape index (κ2) is 8.66. The Labute approximate surface area is 166 Å². The Morgan fingerprint density at radius 1 is 1.34 bits per heavy atom. The number of nitrogens with zero attached hydrogens (tertiary/aromatic N) is 3. The number of hydrogen-bond acceptors (Lipinski definition) is 5. The number of aliphatic carboxylic acids is 1. The topological polar surface area (TPSA) is 108 Å². The number of carboxylic acid groups (broad SMARTS) is 1. The fourth-order valence-corrected chi connectivity index (χ4v) is 5.05. The molecule has 3 rings (SSSR count). The van der Waals surface area contributed by atoms with E-state index >= 15 is 0 Å². The van der Waals surface area contributed by atoms with Crippen molar-refractivity contribution in [3.63, 3.8) is 0 Å². The van der Waals surface area contributed by atoms with E-state index in [4.69, 9.17) is 9.90 Å². The van der Waals surface area contributed by atoms with Gasteiger partial charge in [0.15, 0.2) is 0 Å². The standard InChI is InChI=1S/C15H21N3O3S.C2HF3O2/c1-2-8-22(20,21)17-7-5-15(11-17)9-14(19)18(12-15)13-4-3-6-16-10-13;3-2(4,5)1(6)7/h3-4,6,10H,2,5,7-9,11-12H2,1H3;(H,6,7). The van der Waals surface area contributed by atoms with Crippen molar-refractivity contribution >= 4 is 27.6 Å². The Balaban J connectivity index is 0.000000370. The van der Waals surface area contributed by atoms with Gasteiger partial charge in [-0.15, -0.1) is 0 Å². The van der Waals surface area contributed by atoms with Crippen molar-refractivity contribution < 1.29 is 36.3 Å². The minimum atomic E-state index is -5.08. The maximum Gasteiger partial charge on any atom is 0.490 e. The molecule has 2 aliphatic heterocycles. The summed E-state index contributed by atoms with van der Waals surface area (Å²) in [6, 6.07) is 3.67. The van der Waals surface area contributed by atoms with E-state index in [0.717, 1.165) is 12.1 Å². The van der Waals surface area contributed by atoms with Gasteiger partial charge in [-0.05, 0) is 25.0 Å². The third-order valence-electron chi connectivity index (χ3n) is 4.78. The van der Waals surface area contributed by atoms with Crippen LogP contribution in [-0.2, 0) is 19.6 Å². The Kier molecular flexibility index (Phi) is 6.89. The Morgan fingerprint density at radius 3 is 2.52 bits per heavy atom. The van der Waals surface area contributed by atoms with E-state index in [0.29, 0.717) is 32.5 Å². The van der Waals surface area contributed by atoms with Crippen molar-refractivity contribution in [3.05, 3.63) is 24.5 Å². The molecule has 0 bridgehead atoms. The minimum absolute atomic E-state index is 0.0581. The van der Waals surface area contributed by atoms with Crippen LogP contribution in [0.3, 0.4) is 0 Å². The summed E-state index contributed by atoms with van der Waals surface area (Å²) in [7, 11) is -3.18. The average Bonchev–Trinajstić information content (AvgIpc) is 3.19. The normalized spacial score (nSPS) is 22.6. The fourth-order valence-electron chi connectivity index (χ4n) is 3.44. The van der Waals surface area contributed by atoms with Crippen LogP contribution in [0.2, 0.25) is 0 Å². The zero-order valence-corrected chi connectivity index (χ0v) is 16.5. The van der Waals surface area contributed by atoms with Crippen LogP contribution < -0.4 is 4.90 Å². The first-order valence-corrected chi connectivity index (χ1v) is 10.5. The third kappa shape index (κ3) is 5.66. The summed E-state index contributed by atoms with van der Waals surface area (Å²) < 4.78 is 57.7. The number of sulfonamides is 1. The van der Waals surface area contributed by atoms with Gasteiger partial charge in [0.05, 0.1) is 17.6 Å². The zero-order valence-electron chi connectivity index (χ0n) is 15.7. The van der Waals surface area contributed by atoms with E-state index in [1.54, 1.807) is 27.7 Å². The first-order valence-electron chi connectivity index (χ1n) is 8.88. The average molecular weight is 437 g/mol. The lowest BCUT2D eigenvalue weighted by atomic mass is 9.86. The van der Waals surface area contributed by atoms with Crippen molar-refractivity contribution in [3.8, 4) is 0 Å². The number of alkyl halides is 3. The number of anilines is 1. The zero-order chi connectivity index (χ0) is 21.9. The lowest BCUT2D eigenvalue weighted by Gasteiger charge is -2.24. The quantitative estimate of drug-likeness (QED) is 0.771. The molecule has 0 aromatic carbocycles. The van der Waals surface area contributed by atoms with Gasteiger partial charge in [0.25, 0.3) is 0 Å². The van der Waals surface area contributed by atoms with E-state index in [1.165, 1.54) is 0 Å². The van der Waals surface area contributed by atoms with E-state index < -0.39 is 22.2 Å². The van der Waals surface area contributed by atoms with Gasteiger partial charge in [0.2, 0.25) is 15.9 Å². The molecule has 8 nitrogen and oxygen atoms in total. The molecule has 162 valence electrons. The summed E-state index contributed by atoms with van der Waals surface area (Å²) in [5.41, 5.74) is 0.549. The Bertz CT molecular complexity index is 848. The van der Waals surface area contributed by atoms with Crippen molar-refractivity contribution in [1.29, 1.82) is 0 Å². The SMILES string of the molecule is CCCS(=O)(=O)N1CCC2(CC(=O)N(c3cccnc3)C2)C1.O=C(O)C(F)(F)F. The van der Waals surface area contributed by atoms with Gasteiger partial charge >= 0.3 is 12.1 Å². The van der Waals surface area contributed by atoms with E-state index in [1.807, 2.05) is 13.0 Å². The summed E-state index contributed by atoms with van der Waals surface area (Å²) in [4.78, 5) is 27.0. The van der Waals surface area contributed by atoms with Gasteiger partial charge in [-0.25, -0.2) is 17.5 Å². The van der Waals surface area contributed by atoms with Crippen LogP contribution >= 0.6 is 0 Å². The molecule has 2 aliphatic rings. The van der Waals surface area contributed by atoms with Crippen molar-refractivity contribution in [2.24, 2.45) is 5.41 Å². The Morgan fingerprint density at radius 2 is 2.00 bits per heavy atom. The van der Waals surface area contributed by atoms with Crippen LogP contribution in [0, 0.1) is 5.41 Å². The van der Waals surface area contributed by atoms with E-state index in [2.05, 4.69) is 4.98 Å². The van der Waals surface area contributed by atoms with Gasteiger partial charge in [-0.2, -0.15) is 13.2 Å².